The minimum atomic E-state index is -0.232. The number of para-hydroxylation sites is 1. The zero-order valence-corrected chi connectivity index (χ0v) is 16.8. The fourth-order valence-electron chi connectivity index (χ4n) is 2.84. The van der Waals surface area contributed by atoms with Gasteiger partial charge >= 0.3 is 0 Å². The molecule has 3 rings (SSSR count). The number of rotatable bonds is 5. The molecule has 0 unspecified atom stereocenters. The third kappa shape index (κ3) is 4.74. The average molecular weight is 374 g/mol. The lowest BCUT2D eigenvalue weighted by atomic mass is 9.87. The maximum Gasteiger partial charge on any atom is 0.258 e. The molecule has 1 amide bonds. The van der Waals surface area contributed by atoms with Crippen molar-refractivity contribution in [3.8, 4) is 0 Å². The van der Waals surface area contributed by atoms with Gasteiger partial charge in [-0.1, -0.05) is 58.0 Å². The molecular formula is C23H26N4O. The van der Waals surface area contributed by atoms with E-state index < -0.39 is 0 Å². The van der Waals surface area contributed by atoms with E-state index in [4.69, 9.17) is 0 Å². The lowest BCUT2D eigenvalue weighted by Gasteiger charge is -2.19. The van der Waals surface area contributed by atoms with E-state index in [1.54, 1.807) is 0 Å². The minimum absolute atomic E-state index is 0.0790. The molecule has 0 saturated carbocycles. The summed E-state index contributed by atoms with van der Waals surface area (Å²) in [5, 5.41) is 6.09. The van der Waals surface area contributed by atoms with Crippen molar-refractivity contribution in [3.63, 3.8) is 0 Å². The molecule has 0 aliphatic carbocycles. The van der Waals surface area contributed by atoms with Crippen LogP contribution in [0.15, 0.2) is 60.9 Å². The zero-order chi connectivity index (χ0) is 20.1. The fraction of sp³-hybridized carbons (Fsp3) is 0.261. The summed E-state index contributed by atoms with van der Waals surface area (Å²) in [6.07, 6.45) is 3.98. The van der Waals surface area contributed by atoms with Crippen LogP contribution in [0.5, 0.6) is 0 Å². The lowest BCUT2D eigenvalue weighted by molar-refractivity contribution is 0.102. The summed E-state index contributed by atoms with van der Waals surface area (Å²) in [7, 11) is 0. The van der Waals surface area contributed by atoms with Gasteiger partial charge in [-0.05, 0) is 41.2 Å². The highest BCUT2D eigenvalue weighted by Gasteiger charge is 2.14. The molecule has 0 saturated heterocycles. The van der Waals surface area contributed by atoms with Gasteiger partial charge in [-0.2, -0.15) is 0 Å². The van der Waals surface area contributed by atoms with Crippen LogP contribution in [0, 0.1) is 0 Å². The van der Waals surface area contributed by atoms with Crippen LogP contribution in [0.4, 0.5) is 17.3 Å². The molecule has 144 valence electrons. The van der Waals surface area contributed by atoms with Crippen LogP contribution in [0.2, 0.25) is 0 Å². The van der Waals surface area contributed by atoms with Crippen LogP contribution < -0.4 is 10.6 Å². The summed E-state index contributed by atoms with van der Waals surface area (Å²) in [6.45, 7) is 8.58. The van der Waals surface area contributed by atoms with Crippen LogP contribution >= 0.6 is 0 Å². The molecule has 5 heteroatoms. The average Bonchev–Trinajstić information content (AvgIpc) is 2.68. The van der Waals surface area contributed by atoms with Gasteiger partial charge in [0.25, 0.3) is 5.91 Å². The summed E-state index contributed by atoms with van der Waals surface area (Å²) < 4.78 is 0. The van der Waals surface area contributed by atoms with Crippen molar-refractivity contribution >= 4 is 23.2 Å². The number of hydrogen-bond donors (Lipinski definition) is 2. The largest absolute Gasteiger partial charge is 0.324 e. The van der Waals surface area contributed by atoms with Gasteiger partial charge in [-0.15, -0.1) is 0 Å². The molecule has 0 aliphatic heterocycles. The number of benzene rings is 2. The smallest absolute Gasteiger partial charge is 0.258 e. The molecule has 1 aromatic heterocycles. The second-order valence-corrected chi connectivity index (χ2v) is 7.71. The second-order valence-electron chi connectivity index (χ2n) is 7.71. The van der Waals surface area contributed by atoms with E-state index in [1.807, 2.05) is 42.5 Å². The van der Waals surface area contributed by atoms with E-state index >= 15 is 0 Å². The number of nitrogens with zero attached hydrogens (tertiary/aromatic N) is 2. The van der Waals surface area contributed by atoms with E-state index in [-0.39, 0.29) is 11.3 Å². The predicted octanol–water partition coefficient (Wildman–Crippen LogP) is 5.33. The molecule has 0 spiro atoms. The minimum Gasteiger partial charge on any atom is -0.324 e. The molecule has 0 atom stereocenters. The fourth-order valence-corrected chi connectivity index (χ4v) is 2.84. The molecule has 0 aliphatic rings. The van der Waals surface area contributed by atoms with Crippen LogP contribution in [0.1, 0.15) is 49.2 Å². The first-order valence-corrected chi connectivity index (χ1v) is 9.45. The third-order valence-corrected chi connectivity index (χ3v) is 4.57. The summed E-state index contributed by atoms with van der Waals surface area (Å²) in [5.74, 6) is 0.232. The Hall–Kier alpha value is -3.21. The van der Waals surface area contributed by atoms with Crippen LogP contribution in [-0.4, -0.2) is 15.9 Å². The van der Waals surface area contributed by atoms with Gasteiger partial charge in [0.05, 0.1) is 5.56 Å². The van der Waals surface area contributed by atoms with E-state index in [9.17, 15) is 4.79 Å². The first-order valence-electron chi connectivity index (χ1n) is 9.45. The molecule has 3 aromatic rings. The SMILES string of the molecule is CCc1ccccc1Nc1ncc(C(=O)Nc2ccc(C(C)(C)C)cc2)cn1. The van der Waals surface area contributed by atoms with E-state index in [0.717, 1.165) is 17.8 Å². The van der Waals surface area contributed by atoms with Gasteiger partial charge in [-0.3, -0.25) is 4.79 Å². The molecule has 1 heterocycles. The Balaban J connectivity index is 1.67. The number of anilines is 3. The number of hydrogen-bond acceptors (Lipinski definition) is 4. The van der Waals surface area contributed by atoms with Gasteiger partial charge in [0.2, 0.25) is 5.95 Å². The third-order valence-electron chi connectivity index (χ3n) is 4.57. The topological polar surface area (TPSA) is 66.9 Å². The van der Waals surface area contributed by atoms with Crippen molar-refractivity contribution in [3.05, 3.63) is 77.6 Å². The van der Waals surface area contributed by atoms with Crippen molar-refractivity contribution in [2.75, 3.05) is 10.6 Å². The molecule has 28 heavy (non-hydrogen) atoms. The Morgan fingerprint density at radius 2 is 1.61 bits per heavy atom. The van der Waals surface area contributed by atoms with Crippen molar-refractivity contribution in [1.82, 2.24) is 9.97 Å². The molecule has 5 nitrogen and oxygen atoms in total. The predicted molar refractivity (Wildman–Crippen MR) is 114 cm³/mol. The first-order chi connectivity index (χ1) is 13.4. The van der Waals surface area contributed by atoms with Crippen LogP contribution in [0.3, 0.4) is 0 Å². The highest BCUT2D eigenvalue weighted by molar-refractivity contribution is 6.03. The second kappa shape index (κ2) is 8.21. The van der Waals surface area contributed by atoms with E-state index in [1.165, 1.54) is 23.5 Å². The molecular weight excluding hydrogens is 348 g/mol. The van der Waals surface area contributed by atoms with Crippen LogP contribution in [-0.2, 0) is 11.8 Å². The van der Waals surface area contributed by atoms with Gasteiger partial charge in [0.15, 0.2) is 0 Å². The molecule has 0 bridgehead atoms. The van der Waals surface area contributed by atoms with Crippen molar-refractivity contribution in [1.29, 1.82) is 0 Å². The number of nitrogens with one attached hydrogen (secondary N) is 2. The Morgan fingerprint density at radius 3 is 2.21 bits per heavy atom. The quantitative estimate of drug-likeness (QED) is 0.633. The molecule has 0 radical (unpaired) electrons. The van der Waals surface area contributed by atoms with Gasteiger partial charge < -0.3 is 10.6 Å². The van der Waals surface area contributed by atoms with Crippen molar-refractivity contribution in [2.45, 2.75) is 39.5 Å². The summed E-state index contributed by atoms with van der Waals surface area (Å²) in [6, 6.07) is 15.9. The maximum absolute atomic E-state index is 12.5. The summed E-state index contributed by atoms with van der Waals surface area (Å²) >= 11 is 0. The monoisotopic (exact) mass is 374 g/mol. The lowest BCUT2D eigenvalue weighted by Crippen LogP contribution is -2.14. The Kier molecular flexibility index (Phi) is 5.73. The summed E-state index contributed by atoms with van der Waals surface area (Å²) in [4.78, 5) is 21.0. The number of aromatic nitrogens is 2. The number of amides is 1. The number of carbonyl (C=O) groups excluding carboxylic acids is 1. The zero-order valence-electron chi connectivity index (χ0n) is 16.8. The Labute approximate surface area is 166 Å². The van der Waals surface area contributed by atoms with Crippen molar-refractivity contribution in [2.24, 2.45) is 0 Å². The Morgan fingerprint density at radius 1 is 0.964 bits per heavy atom. The summed E-state index contributed by atoms with van der Waals surface area (Å²) in [5.41, 5.74) is 4.62. The normalized spacial score (nSPS) is 11.1. The molecule has 2 aromatic carbocycles. The van der Waals surface area contributed by atoms with E-state index in [2.05, 4.69) is 54.4 Å². The number of aryl methyl sites for hydroxylation is 1. The molecule has 0 fully saturated rings. The Bertz CT molecular complexity index is 942. The molecule has 2 N–H and O–H groups in total. The van der Waals surface area contributed by atoms with Gasteiger partial charge in [-0.25, -0.2) is 9.97 Å². The highest BCUT2D eigenvalue weighted by Crippen LogP contribution is 2.24. The standard InChI is InChI=1S/C23H26N4O/c1-5-16-8-6-7-9-20(16)27-22-24-14-17(15-25-22)21(28)26-19-12-10-18(11-13-19)23(2,3)4/h6-15H,5H2,1-4H3,(H,26,28)(H,24,25,27). The van der Waals surface area contributed by atoms with E-state index in [0.29, 0.717) is 11.5 Å². The van der Waals surface area contributed by atoms with Crippen molar-refractivity contribution < 1.29 is 4.79 Å². The number of carbonyl (C=O) groups is 1. The maximum atomic E-state index is 12.5. The highest BCUT2D eigenvalue weighted by atomic mass is 16.1. The van der Waals surface area contributed by atoms with Gasteiger partial charge in [0, 0.05) is 23.8 Å². The van der Waals surface area contributed by atoms with Gasteiger partial charge in [0.1, 0.15) is 0 Å². The first kappa shape index (κ1) is 19.5. The van der Waals surface area contributed by atoms with Crippen LogP contribution in [0.25, 0.3) is 0 Å².